The molecule has 104 valence electrons. The van der Waals surface area contributed by atoms with Gasteiger partial charge in [0, 0.05) is 6.54 Å². The predicted octanol–water partition coefficient (Wildman–Crippen LogP) is 3.21. The molecule has 0 aliphatic heterocycles. The van der Waals surface area contributed by atoms with Gasteiger partial charge in [-0.3, -0.25) is 0 Å². The number of nitrogens with one attached hydrogen (secondary N) is 1. The molecule has 0 amide bonds. The van der Waals surface area contributed by atoms with Crippen LogP contribution >= 0.6 is 0 Å². The summed E-state index contributed by atoms with van der Waals surface area (Å²) in [6.07, 6.45) is 1.07. The summed E-state index contributed by atoms with van der Waals surface area (Å²) in [7, 11) is 1.13. The molecule has 5 heteroatoms. The van der Waals surface area contributed by atoms with E-state index in [2.05, 4.69) is 23.9 Å². The molecule has 1 aliphatic rings. The molecule has 0 radical (unpaired) electrons. The van der Waals surface area contributed by atoms with Crippen molar-refractivity contribution in [3.05, 3.63) is 29.3 Å². The number of ether oxygens (including phenoxy) is 1. The smallest absolute Gasteiger partial charge is 0.340 e. The first-order valence-corrected chi connectivity index (χ1v) is 6.17. The van der Waals surface area contributed by atoms with E-state index in [9.17, 15) is 13.6 Å². The highest BCUT2D eigenvalue weighted by Crippen LogP contribution is 2.51. The van der Waals surface area contributed by atoms with E-state index in [1.54, 1.807) is 0 Å². The summed E-state index contributed by atoms with van der Waals surface area (Å²) in [5.41, 5.74) is -0.0429. The molecule has 0 spiro atoms. The third-order valence-corrected chi connectivity index (χ3v) is 3.74. The first-order chi connectivity index (χ1) is 8.86. The van der Waals surface area contributed by atoms with E-state index in [-0.39, 0.29) is 11.1 Å². The van der Waals surface area contributed by atoms with Crippen LogP contribution in [0.1, 0.15) is 30.6 Å². The summed E-state index contributed by atoms with van der Waals surface area (Å²) in [5.74, 6) is -2.63. The monoisotopic (exact) mass is 269 g/mol. The van der Waals surface area contributed by atoms with Crippen LogP contribution in [0.5, 0.6) is 0 Å². The SMILES string of the molecule is COC(=O)c1ccc(NCC2CC2(C)C)c(F)c1F. The second kappa shape index (κ2) is 4.79. The van der Waals surface area contributed by atoms with Gasteiger partial charge in [-0.15, -0.1) is 0 Å². The minimum absolute atomic E-state index is 0.0767. The molecular formula is C14H17F2NO2. The van der Waals surface area contributed by atoms with Gasteiger partial charge in [0.15, 0.2) is 11.6 Å². The molecule has 1 saturated carbocycles. The van der Waals surface area contributed by atoms with Gasteiger partial charge in [-0.2, -0.15) is 0 Å². The molecule has 0 bridgehead atoms. The summed E-state index contributed by atoms with van der Waals surface area (Å²) in [6.45, 7) is 4.87. The number of esters is 1. The molecule has 1 aliphatic carbocycles. The molecule has 2 rings (SSSR count). The van der Waals surface area contributed by atoms with Crippen molar-refractivity contribution in [3.63, 3.8) is 0 Å². The first kappa shape index (κ1) is 13.8. The minimum atomic E-state index is -1.17. The zero-order valence-corrected chi connectivity index (χ0v) is 11.2. The summed E-state index contributed by atoms with van der Waals surface area (Å²) < 4.78 is 31.8. The Bertz CT molecular complexity index is 514. The second-order valence-electron chi connectivity index (χ2n) is 5.55. The van der Waals surface area contributed by atoms with Crippen LogP contribution in [0.15, 0.2) is 12.1 Å². The molecular weight excluding hydrogens is 252 g/mol. The lowest BCUT2D eigenvalue weighted by Crippen LogP contribution is -2.12. The van der Waals surface area contributed by atoms with Crippen molar-refractivity contribution in [3.8, 4) is 0 Å². The van der Waals surface area contributed by atoms with Crippen LogP contribution < -0.4 is 5.32 Å². The maximum absolute atomic E-state index is 13.8. The lowest BCUT2D eigenvalue weighted by Gasteiger charge is -2.10. The summed E-state index contributed by atoms with van der Waals surface area (Å²) in [4.78, 5) is 11.2. The van der Waals surface area contributed by atoms with Gasteiger partial charge in [0.2, 0.25) is 0 Å². The Kier molecular flexibility index (Phi) is 3.47. The fraction of sp³-hybridized carbons (Fsp3) is 0.500. The van der Waals surface area contributed by atoms with Crippen molar-refractivity contribution < 1.29 is 18.3 Å². The summed E-state index contributed by atoms with van der Waals surface area (Å²) in [5, 5.41) is 2.89. The highest BCUT2D eigenvalue weighted by molar-refractivity contribution is 5.90. The van der Waals surface area contributed by atoms with Crippen LogP contribution in [0.3, 0.4) is 0 Å². The topological polar surface area (TPSA) is 38.3 Å². The van der Waals surface area contributed by atoms with Crippen molar-refractivity contribution in [1.29, 1.82) is 0 Å². The van der Waals surface area contributed by atoms with Crippen LogP contribution in [0.2, 0.25) is 0 Å². The molecule has 1 fully saturated rings. The first-order valence-electron chi connectivity index (χ1n) is 6.17. The fourth-order valence-corrected chi connectivity index (χ4v) is 2.11. The predicted molar refractivity (Wildman–Crippen MR) is 68.1 cm³/mol. The lowest BCUT2D eigenvalue weighted by molar-refractivity contribution is 0.0594. The number of rotatable bonds is 4. The molecule has 0 aromatic heterocycles. The van der Waals surface area contributed by atoms with Crippen LogP contribution in [0.4, 0.5) is 14.5 Å². The number of carbonyl (C=O) groups excluding carboxylic acids is 1. The molecule has 1 N–H and O–H groups in total. The van der Waals surface area contributed by atoms with E-state index in [1.807, 2.05) is 0 Å². The van der Waals surface area contributed by atoms with Crippen molar-refractivity contribution in [2.24, 2.45) is 11.3 Å². The van der Waals surface area contributed by atoms with E-state index in [4.69, 9.17) is 0 Å². The lowest BCUT2D eigenvalue weighted by atomic mass is 10.1. The molecule has 1 atom stereocenters. The van der Waals surface area contributed by atoms with Gasteiger partial charge >= 0.3 is 5.97 Å². The molecule has 0 heterocycles. The van der Waals surface area contributed by atoms with Crippen molar-refractivity contribution >= 4 is 11.7 Å². The van der Waals surface area contributed by atoms with Crippen molar-refractivity contribution in [2.75, 3.05) is 19.0 Å². The standard InChI is InChI=1S/C14H17F2NO2/c1-14(2)6-8(14)7-17-10-5-4-9(13(18)19-3)11(15)12(10)16/h4-5,8,17H,6-7H2,1-3H3. The van der Waals surface area contributed by atoms with Crippen molar-refractivity contribution in [1.82, 2.24) is 0 Å². The minimum Gasteiger partial charge on any atom is -0.465 e. The summed E-state index contributed by atoms with van der Waals surface area (Å²) in [6, 6.07) is 2.59. The zero-order valence-electron chi connectivity index (χ0n) is 11.2. The van der Waals surface area contributed by atoms with Crippen molar-refractivity contribution in [2.45, 2.75) is 20.3 Å². The molecule has 3 nitrogen and oxygen atoms in total. The Morgan fingerprint density at radius 1 is 1.42 bits per heavy atom. The Balaban J connectivity index is 2.10. The van der Waals surface area contributed by atoms with E-state index in [0.717, 1.165) is 13.5 Å². The maximum Gasteiger partial charge on any atom is 0.340 e. The van der Waals surface area contributed by atoms with Crippen LogP contribution in [-0.2, 0) is 4.74 Å². The number of hydrogen-bond acceptors (Lipinski definition) is 3. The second-order valence-corrected chi connectivity index (χ2v) is 5.55. The number of methoxy groups -OCH3 is 1. The van der Waals surface area contributed by atoms with Gasteiger partial charge in [-0.1, -0.05) is 13.8 Å². The highest BCUT2D eigenvalue weighted by Gasteiger charge is 2.45. The van der Waals surface area contributed by atoms with Crippen LogP contribution in [-0.4, -0.2) is 19.6 Å². The van der Waals surface area contributed by atoms with E-state index >= 15 is 0 Å². The third-order valence-electron chi connectivity index (χ3n) is 3.74. The van der Waals surface area contributed by atoms with E-state index < -0.39 is 23.2 Å². The van der Waals surface area contributed by atoms with Crippen LogP contribution in [0.25, 0.3) is 0 Å². The third kappa shape index (κ3) is 2.69. The fourth-order valence-electron chi connectivity index (χ4n) is 2.11. The number of carbonyl (C=O) groups is 1. The summed E-state index contributed by atoms with van der Waals surface area (Å²) >= 11 is 0. The molecule has 1 aromatic carbocycles. The van der Waals surface area contributed by atoms with E-state index in [0.29, 0.717) is 12.5 Å². The molecule has 0 saturated heterocycles. The highest BCUT2D eigenvalue weighted by atomic mass is 19.2. The maximum atomic E-state index is 13.8. The van der Waals surface area contributed by atoms with Gasteiger partial charge in [0.25, 0.3) is 0 Å². The Hall–Kier alpha value is -1.65. The number of anilines is 1. The number of benzene rings is 1. The Labute approximate surface area is 111 Å². The number of halogens is 2. The average Bonchev–Trinajstić information content (AvgIpc) is 2.98. The van der Waals surface area contributed by atoms with Crippen LogP contribution in [0, 0.1) is 23.0 Å². The van der Waals surface area contributed by atoms with Gasteiger partial charge in [0.1, 0.15) is 0 Å². The normalized spacial score (nSPS) is 19.9. The van der Waals surface area contributed by atoms with Gasteiger partial charge < -0.3 is 10.1 Å². The van der Waals surface area contributed by atoms with Gasteiger partial charge in [0.05, 0.1) is 18.4 Å². The Morgan fingerprint density at radius 2 is 2.05 bits per heavy atom. The molecule has 19 heavy (non-hydrogen) atoms. The molecule has 1 aromatic rings. The quantitative estimate of drug-likeness (QED) is 0.853. The number of hydrogen-bond donors (Lipinski definition) is 1. The van der Waals surface area contributed by atoms with E-state index in [1.165, 1.54) is 12.1 Å². The Morgan fingerprint density at radius 3 is 2.58 bits per heavy atom. The van der Waals surface area contributed by atoms with Gasteiger partial charge in [-0.05, 0) is 29.9 Å². The largest absolute Gasteiger partial charge is 0.465 e. The molecule has 1 unspecified atom stereocenters. The average molecular weight is 269 g/mol. The van der Waals surface area contributed by atoms with Gasteiger partial charge in [-0.25, -0.2) is 13.6 Å². The zero-order chi connectivity index (χ0) is 14.2.